The van der Waals surface area contributed by atoms with Gasteiger partial charge in [-0.05, 0) is 46.2 Å². The van der Waals surface area contributed by atoms with E-state index < -0.39 is 5.60 Å². The summed E-state index contributed by atoms with van der Waals surface area (Å²) in [6.07, 6.45) is -0.307. The van der Waals surface area contributed by atoms with Crippen molar-refractivity contribution in [3.05, 3.63) is 29.8 Å². The van der Waals surface area contributed by atoms with Gasteiger partial charge in [-0.2, -0.15) is 0 Å². The Kier molecular flexibility index (Phi) is 6.88. The Labute approximate surface area is 139 Å². The number of rotatable bonds is 6. The summed E-state index contributed by atoms with van der Waals surface area (Å²) in [5.41, 5.74) is 0.395. The summed E-state index contributed by atoms with van der Waals surface area (Å²) < 4.78 is 5.34. The summed E-state index contributed by atoms with van der Waals surface area (Å²) in [6.45, 7) is 11.0. The Hall–Kier alpha value is -1.75. The minimum atomic E-state index is -0.480. The van der Waals surface area contributed by atoms with Gasteiger partial charge in [-0.3, -0.25) is 0 Å². The fourth-order valence-electron chi connectivity index (χ4n) is 2.29. The molecule has 23 heavy (non-hydrogen) atoms. The fourth-order valence-corrected chi connectivity index (χ4v) is 2.29. The maximum atomic E-state index is 11.9. The Morgan fingerprint density at radius 1 is 1.30 bits per heavy atom. The summed E-state index contributed by atoms with van der Waals surface area (Å²) >= 11 is 0. The first-order valence-corrected chi connectivity index (χ1v) is 8.05. The maximum Gasteiger partial charge on any atom is 0.410 e. The van der Waals surface area contributed by atoms with Crippen LogP contribution < -0.4 is 5.32 Å². The second-order valence-electron chi connectivity index (χ2n) is 7.15. The van der Waals surface area contributed by atoms with E-state index >= 15 is 0 Å². The average Bonchev–Trinajstić information content (AvgIpc) is 2.43. The van der Waals surface area contributed by atoms with Gasteiger partial charge in [0, 0.05) is 25.2 Å². The van der Waals surface area contributed by atoms with Gasteiger partial charge in [0.05, 0.1) is 0 Å². The third kappa shape index (κ3) is 6.91. The van der Waals surface area contributed by atoms with Crippen molar-refractivity contribution in [3.63, 3.8) is 0 Å². The highest BCUT2D eigenvalue weighted by atomic mass is 16.6. The summed E-state index contributed by atoms with van der Waals surface area (Å²) in [6, 6.07) is 7.36. The van der Waals surface area contributed by atoms with Gasteiger partial charge < -0.3 is 20.1 Å². The number of ether oxygens (including phenoxy) is 1. The van der Waals surface area contributed by atoms with Crippen molar-refractivity contribution in [2.75, 3.05) is 20.1 Å². The molecular weight excluding hydrogens is 292 g/mol. The van der Waals surface area contributed by atoms with Gasteiger partial charge >= 0.3 is 6.09 Å². The normalized spacial score (nSPS) is 14.2. The van der Waals surface area contributed by atoms with E-state index in [1.54, 1.807) is 18.0 Å². The number of nitrogens with one attached hydrogen (secondary N) is 1. The molecule has 1 aromatic rings. The minimum absolute atomic E-state index is 0.0467. The standard InChI is InChI=1S/C18H30N2O3/c1-13(12-20(6)17(22)23-18(3,4)5)11-19-14(2)15-9-7-8-10-16(15)21/h7-10,13-14,19,21H,11-12H2,1-6H3. The average molecular weight is 322 g/mol. The van der Waals surface area contributed by atoms with E-state index in [0.717, 1.165) is 12.1 Å². The molecule has 2 atom stereocenters. The summed E-state index contributed by atoms with van der Waals surface area (Å²) in [5.74, 6) is 0.562. The van der Waals surface area contributed by atoms with Gasteiger partial charge in [-0.15, -0.1) is 0 Å². The van der Waals surface area contributed by atoms with Crippen LogP contribution in [0.5, 0.6) is 5.75 Å². The number of aromatic hydroxyl groups is 1. The fraction of sp³-hybridized carbons (Fsp3) is 0.611. The molecule has 1 aromatic carbocycles. The summed E-state index contributed by atoms with van der Waals surface area (Å²) in [5, 5.41) is 13.3. The molecule has 0 spiro atoms. The van der Waals surface area contributed by atoms with Crippen LogP contribution in [0.4, 0.5) is 4.79 Å². The summed E-state index contributed by atoms with van der Waals surface area (Å²) in [7, 11) is 1.75. The van der Waals surface area contributed by atoms with Crippen LogP contribution >= 0.6 is 0 Å². The first kappa shape index (κ1) is 19.3. The number of phenolic OH excluding ortho intramolecular Hbond substituents is 1. The molecular formula is C18H30N2O3. The highest BCUT2D eigenvalue weighted by Gasteiger charge is 2.21. The molecule has 2 unspecified atom stereocenters. The van der Waals surface area contributed by atoms with E-state index in [4.69, 9.17) is 4.74 Å². The number of carbonyl (C=O) groups excluding carboxylic acids is 1. The van der Waals surface area contributed by atoms with Crippen molar-refractivity contribution in [3.8, 4) is 5.75 Å². The lowest BCUT2D eigenvalue weighted by Gasteiger charge is -2.27. The predicted molar refractivity (Wildman–Crippen MR) is 92.6 cm³/mol. The first-order valence-electron chi connectivity index (χ1n) is 8.05. The van der Waals surface area contributed by atoms with Gasteiger partial charge in [0.15, 0.2) is 0 Å². The van der Waals surface area contributed by atoms with E-state index in [9.17, 15) is 9.90 Å². The van der Waals surface area contributed by atoms with E-state index in [-0.39, 0.29) is 18.1 Å². The molecule has 0 aliphatic carbocycles. The quantitative estimate of drug-likeness (QED) is 0.841. The summed E-state index contributed by atoms with van der Waals surface area (Å²) in [4.78, 5) is 13.5. The van der Waals surface area contributed by atoms with E-state index in [1.807, 2.05) is 45.9 Å². The molecule has 1 rings (SSSR count). The number of hydrogen-bond acceptors (Lipinski definition) is 4. The van der Waals surface area contributed by atoms with E-state index in [2.05, 4.69) is 12.2 Å². The SMILES string of the molecule is CC(CNC(C)c1ccccc1O)CN(C)C(=O)OC(C)(C)C. The number of hydrogen-bond donors (Lipinski definition) is 2. The van der Waals surface area contributed by atoms with Crippen LogP contribution in [0, 0.1) is 5.92 Å². The molecule has 5 nitrogen and oxygen atoms in total. The Bertz CT molecular complexity index is 511. The predicted octanol–water partition coefficient (Wildman–Crippen LogP) is 3.55. The van der Waals surface area contributed by atoms with Crippen molar-refractivity contribution < 1.29 is 14.6 Å². The van der Waals surface area contributed by atoms with Gasteiger partial charge in [0.25, 0.3) is 0 Å². The van der Waals surface area contributed by atoms with Gasteiger partial charge in [0.1, 0.15) is 11.4 Å². The van der Waals surface area contributed by atoms with Crippen LogP contribution in [-0.4, -0.2) is 41.8 Å². The molecule has 5 heteroatoms. The third-order valence-electron chi connectivity index (χ3n) is 3.47. The molecule has 0 aliphatic heterocycles. The number of nitrogens with zero attached hydrogens (tertiary/aromatic N) is 1. The second kappa shape index (κ2) is 8.20. The molecule has 0 aliphatic rings. The Morgan fingerprint density at radius 2 is 1.91 bits per heavy atom. The maximum absolute atomic E-state index is 11.9. The lowest BCUT2D eigenvalue weighted by atomic mass is 10.1. The first-order chi connectivity index (χ1) is 10.6. The van der Waals surface area contributed by atoms with Crippen molar-refractivity contribution in [1.29, 1.82) is 0 Å². The molecule has 130 valence electrons. The zero-order valence-corrected chi connectivity index (χ0v) is 15.1. The largest absolute Gasteiger partial charge is 0.508 e. The molecule has 0 aromatic heterocycles. The van der Waals surface area contributed by atoms with Gasteiger partial charge in [0.2, 0.25) is 0 Å². The van der Waals surface area contributed by atoms with Crippen molar-refractivity contribution in [2.45, 2.75) is 46.3 Å². The third-order valence-corrected chi connectivity index (χ3v) is 3.47. The van der Waals surface area contributed by atoms with Crippen LogP contribution in [-0.2, 0) is 4.74 Å². The van der Waals surface area contributed by atoms with Gasteiger partial charge in [-0.25, -0.2) is 4.79 Å². The second-order valence-corrected chi connectivity index (χ2v) is 7.15. The van der Waals surface area contributed by atoms with Crippen LogP contribution in [0.2, 0.25) is 0 Å². The van der Waals surface area contributed by atoms with Crippen LogP contribution in [0.15, 0.2) is 24.3 Å². The highest BCUT2D eigenvalue weighted by molar-refractivity contribution is 5.67. The molecule has 0 radical (unpaired) electrons. The minimum Gasteiger partial charge on any atom is -0.508 e. The molecule has 2 N–H and O–H groups in total. The number of amides is 1. The number of phenols is 1. The molecule has 0 fully saturated rings. The zero-order valence-electron chi connectivity index (χ0n) is 15.1. The number of benzene rings is 1. The Morgan fingerprint density at radius 3 is 2.48 bits per heavy atom. The Balaban J connectivity index is 2.43. The molecule has 0 bridgehead atoms. The lowest BCUT2D eigenvalue weighted by molar-refractivity contribution is 0.0276. The monoisotopic (exact) mass is 322 g/mol. The number of para-hydroxylation sites is 1. The topological polar surface area (TPSA) is 61.8 Å². The zero-order chi connectivity index (χ0) is 17.6. The van der Waals surface area contributed by atoms with Crippen molar-refractivity contribution in [2.24, 2.45) is 5.92 Å². The van der Waals surface area contributed by atoms with E-state index in [0.29, 0.717) is 12.3 Å². The van der Waals surface area contributed by atoms with Gasteiger partial charge in [-0.1, -0.05) is 25.1 Å². The molecule has 0 heterocycles. The highest BCUT2D eigenvalue weighted by Crippen LogP contribution is 2.23. The number of carbonyl (C=O) groups is 1. The van der Waals surface area contributed by atoms with Crippen molar-refractivity contribution in [1.82, 2.24) is 10.2 Å². The van der Waals surface area contributed by atoms with Crippen LogP contribution in [0.1, 0.15) is 46.2 Å². The molecule has 1 amide bonds. The lowest BCUT2D eigenvalue weighted by Crippen LogP contribution is -2.38. The smallest absolute Gasteiger partial charge is 0.410 e. The van der Waals surface area contributed by atoms with Crippen LogP contribution in [0.25, 0.3) is 0 Å². The van der Waals surface area contributed by atoms with Crippen LogP contribution in [0.3, 0.4) is 0 Å². The molecule has 0 saturated carbocycles. The van der Waals surface area contributed by atoms with E-state index in [1.165, 1.54) is 0 Å². The van der Waals surface area contributed by atoms with Crippen molar-refractivity contribution >= 4 is 6.09 Å². The molecule has 0 saturated heterocycles.